The maximum Gasteiger partial charge on any atom is 0.0269 e. The van der Waals surface area contributed by atoms with E-state index in [9.17, 15) is 0 Å². The Morgan fingerprint density at radius 3 is 2.83 bits per heavy atom. The van der Waals surface area contributed by atoms with Crippen LogP contribution in [-0.2, 0) is 0 Å². The molecule has 0 nitrogen and oxygen atoms in total. The minimum absolute atomic E-state index is 0.604. The minimum Gasteiger partial charge on any atom is -0.154 e. The van der Waals surface area contributed by atoms with E-state index in [1.54, 1.807) is 0 Å². The third-order valence-electron chi connectivity index (χ3n) is 1.73. The van der Waals surface area contributed by atoms with Gasteiger partial charge in [-0.15, -0.1) is 0 Å². The quantitative estimate of drug-likeness (QED) is 0.766. The molecular weight excluding hydrogens is 232 g/mol. The Morgan fingerprint density at radius 1 is 1.50 bits per heavy atom. The summed E-state index contributed by atoms with van der Waals surface area (Å²) in [5.74, 6) is 1.17. The Kier molecular flexibility index (Phi) is 4.16. The lowest BCUT2D eigenvalue weighted by Crippen LogP contribution is -1.87. The van der Waals surface area contributed by atoms with Gasteiger partial charge in [-0.25, -0.2) is 0 Å². The van der Waals surface area contributed by atoms with E-state index in [0.717, 1.165) is 0 Å². The van der Waals surface area contributed by atoms with Gasteiger partial charge in [0.15, 0.2) is 0 Å². The van der Waals surface area contributed by atoms with Crippen LogP contribution in [0.3, 0.4) is 0 Å². The summed E-state index contributed by atoms with van der Waals surface area (Å²) < 4.78 is 1.17. The van der Waals surface area contributed by atoms with Crippen molar-refractivity contribution in [2.45, 2.75) is 19.1 Å². The van der Waals surface area contributed by atoms with Gasteiger partial charge in [0.1, 0.15) is 0 Å². The Hall–Kier alpha value is 0.0500. The number of benzene rings is 1. The zero-order valence-corrected chi connectivity index (χ0v) is 9.78. The zero-order chi connectivity index (χ0) is 8.97. The van der Waals surface area contributed by atoms with E-state index in [1.165, 1.54) is 15.8 Å². The standard InChI is InChI=1S/C10H13BrS/c1-3-12-8(2)9-5-4-6-10(11)7-9/h4-8H,3H2,1-2H3. The highest BCUT2D eigenvalue weighted by Gasteiger charge is 2.03. The van der Waals surface area contributed by atoms with E-state index in [1.807, 2.05) is 11.8 Å². The van der Waals surface area contributed by atoms with Gasteiger partial charge in [0.2, 0.25) is 0 Å². The second-order valence-electron chi connectivity index (χ2n) is 2.65. The molecule has 0 radical (unpaired) electrons. The molecule has 1 rings (SSSR count). The highest BCUT2D eigenvalue weighted by Crippen LogP contribution is 2.29. The molecule has 12 heavy (non-hydrogen) atoms. The fraction of sp³-hybridized carbons (Fsp3) is 0.400. The molecule has 0 spiro atoms. The first kappa shape index (κ1) is 10.1. The first-order valence-corrected chi connectivity index (χ1v) is 5.95. The van der Waals surface area contributed by atoms with Crippen molar-refractivity contribution in [3.63, 3.8) is 0 Å². The van der Waals surface area contributed by atoms with Gasteiger partial charge in [-0.2, -0.15) is 11.8 Å². The summed E-state index contributed by atoms with van der Waals surface area (Å²) in [7, 11) is 0. The lowest BCUT2D eigenvalue weighted by Gasteiger charge is -2.09. The van der Waals surface area contributed by atoms with Gasteiger partial charge >= 0.3 is 0 Å². The fourth-order valence-electron chi connectivity index (χ4n) is 1.11. The van der Waals surface area contributed by atoms with Crippen LogP contribution in [0.2, 0.25) is 0 Å². The molecule has 66 valence electrons. The smallest absolute Gasteiger partial charge is 0.0269 e. The van der Waals surface area contributed by atoms with Gasteiger partial charge < -0.3 is 0 Å². The highest BCUT2D eigenvalue weighted by molar-refractivity contribution is 9.10. The number of rotatable bonds is 3. The molecule has 0 bridgehead atoms. The maximum absolute atomic E-state index is 3.47. The summed E-state index contributed by atoms with van der Waals surface area (Å²) in [5.41, 5.74) is 1.40. The monoisotopic (exact) mass is 244 g/mol. The third kappa shape index (κ3) is 2.83. The molecular formula is C10H13BrS. The number of hydrogen-bond acceptors (Lipinski definition) is 1. The molecule has 0 aliphatic heterocycles. The second-order valence-corrected chi connectivity index (χ2v) is 5.19. The first-order valence-electron chi connectivity index (χ1n) is 4.11. The van der Waals surface area contributed by atoms with Crippen molar-refractivity contribution in [2.24, 2.45) is 0 Å². The van der Waals surface area contributed by atoms with Crippen LogP contribution in [0.5, 0.6) is 0 Å². The van der Waals surface area contributed by atoms with Gasteiger partial charge in [0.05, 0.1) is 0 Å². The molecule has 0 aliphatic carbocycles. The Bertz CT molecular complexity index is 247. The second kappa shape index (κ2) is 4.93. The van der Waals surface area contributed by atoms with Crippen LogP contribution in [0, 0.1) is 0 Å². The molecule has 0 fully saturated rings. The van der Waals surface area contributed by atoms with Crippen molar-refractivity contribution < 1.29 is 0 Å². The van der Waals surface area contributed by atoms with Gasteiger partial charge in [0, 0.05) is 9.72 Å². The van der Waals surface area contributed by atoms with Crippen LogP contribution < -0.4 is 0 Å². The molecule has 1 aromatic rings. The summed E-state index contributed by atoms with van der Waals surface area (Å²) in [4.78, 5) is 0. The van der Waals surface area contributed by atoms with E-state index < -0.39 is 0 Å². The van der Waals surface area contributed by atoms with Crippen LogP contribution in [0.25, 0.3) is 0 Å². The van der Waals surface area contributed by atoms with Crippen LogP contribution >= 0.6 is 27.7 Å². The number of thioether (sulfide) groups is 1. The van der Waals surface area contributed by atoms with E-state index in [-0.39, 0.29) is 0 Å². The lowest BCUT2D eigenvalue weighted by atomic mass is 10.2. The normalized spacial score (nSPS) is 12.9. The molecule has 0 aromatic heterocycles. The molecule has 1 atom stereocenters. The Labute approximate surface area is 86.9 Å². The van der Waals surface area contributed by atoms with Crippen LogP contribution in [0.4, 0.5) is 0 Å². The maximum atomic E-state index is 3.47. The van der Waals surface area contributed by atoms with Gasteiger partial charge in [-0.3, -0.25) is 0 Å². The molecule has 2 heteroatoms. The predicted molar refractivity (Wildman–Crippen MR) is 60.7 cm³/mol. The van der Waals surface area contributed by atoms with Crippen LogP contribution in [-0.4, -0.2) is 5.75 Å². The summed E-state index contributed by atoms with van der Waals surface area (Å²) in [6, 6.07) is 8.52. The molecule has 1 unspecified atom stereocenters. The summed E-state index contributed by atoms with van der Waals surface area (Å²) in [5, 5.41) is 0.604. The predicted octanol–water partition coefficient (Wildman–Crippen LogP) is 4.26. The molecule has 0 saturated carbocycles. The summed E-state index contributed by atoms with van der Waals surface area (Å²) in [6.07, 6.45) is 0. The summed E-state index contributed by atoms with van der Waals surface area (Å²) in [6.45, 7) is 4.44. The average molecular weight is 245 g/mol. The molecule has 0 aliphatic rings. The largest absolute Gasteiger partial charge is 0.154 e. The van der Waals surface area contributed by atoms with Gasteiger partial charge in [0.25, 0.3) is 0 Å². The van der Waals surface area contributed by atoms with Crippen LogP contribution in [0.15, 0.2) is 28.7 Å². The molecule has 0 heterocycles. The first-order chi connectivity index (χ1) is 5.74. The average Bonchev–Trinajstić information content (AvgIpc) is 2.05. The molecule has 0 N–H and O–H groups in total. The molecule has 1 aromatic carbocycles. The van der Waals surface area contributed by atoms with Crippen LogP contribution in [0.1, 0.15) is 24.7 Å². The Morgan fingerprint density at radius 2 is 2.25 bits per heavy atom. The van der Waals surface area contributed by atoms with E-state index in [2.05, 4.69) is 54.0 Å². The van der Waals surface area contributed by atoms with Crippen molar-refractivity contribution in [3.8, 4) is 0 Å². The van der Waals surface area contributed by atoms with Crippen molar-refractivity contribution in [3.05, 3.63) is 34.3 Å². The number of hydrogen-bond donors (Lipinski definition) is 0. The van der Waals surface area contributed by atoms with E-state index >= 15 is 0 Å². The third-order valence-corrected chi connectivity index (χ3v) is 3.33. The summed E-state index contributed by atoms with van der Waals surface area (Å²) >= 11 is 5.44. The lowest BCUT2D eigenvalue weighted by molar-refractivity contribution is 1.09. The Balaban J connectivity index is 2.73. The topological polar surface area (TPSA) is 0 Å². The van der Waals surface area contributed by atoms with Crippen molar-refractivity contribution >= 4 is 27.7 Å². The zero-order valence-electron chi connectivity index (χ0n) is 7.38. The molecule has 0 amide bonds. The molecule has 0 saturated heterocycles. The minimum atomic E-state index is 0.604. The highest BCUT2D eigenvalue weighted by atomic mass is 79.9. The van der Waals surface area contributed by atoms with E-state index in [4.69, 9.17) is 0 Å². The van der Waals surface area contributed by atoms with Gasteiger partial charge in [-0.05, 0) is 30.4 Å². The van der Waals surface area contributed by atoms with Crippen molar-refractivity contribution in [2.75, 3.05) is 5.75 Å². The SMILES string of the molecule is CCSC(C)c1cccc(Br)c1. The van der Waals surface area contributed by atoms with Crippen molar-refractivity contribution in [1.82, 2.24) is 0 Å². The van der Waals surface area contributed by atoms with Gasteiger partial charge in [-0.1, -0.05) is 35.0 Å². The fourth-order valence-corrected chi connectivity index (χ4v) is 2.36. The van der Waals surface area contributed by atoms with Crippen molar-refractivity contribution in [1.29, 1.82) is 0 Å². The van der Waals surface area contributed by atoms with E-state index in [0.29, 0.717) is 5.25 Å². The number of halogens is 1.